The molecule has 2 heterocycles. The molecular formula is C46H29N3S. The quantitative estimate of drug-likeness (QED) is 0.185. The molecule has 0 saturated heterocycles. The third-order valence-corrected chi connectivity index (χ3v) is 11.2. The van der Waals surface area contributed by atoms with Gasteiger partial charge in [-0.2, -0.15) is 0 Å². The van der Waals surface area contributed by atoms with Gasteiger partial charge < -0.3 is 0 Å². The minimum Gasteiger partial charge on any atom is -0.208 e. The van der Waals surface area contributed by atoms with E-state index in [-0.39, 0.29) is 0 Å². The first-order chi connectivity index (χ1) is 24.8. The fourth-order valence-electron chi connectivity index (χ4n) is 7.79. The first kappa shape index (κ1) is 28.8. The van der Waals surface area contributed by atoms with Gasteiger partial charge in [0, 0.05) is 36.9 Å². The first-order valence-electron chi connectivity index (χ1n) is 16.9. The summed E-state index contributed by atoms with van der Waals surface area (Å²) in [6, 6.07) is 62.8. The van der Waals surface area contributed by atoms with Crippen LogP contribution in [0, 0.1) is 0 Å². The van der Waals surface area contributed by atoms with Crippen molar-refractivity contribution < 1.29 is 0 Å². The van der Waals surface area contributed by atoms with E-state index in [0.29, 0.717) is 17.5 Å². The molecule has 0 spiro atoms. The average molecular weight is 656 g/mol. The van der Waals surface area contributed by atoms with Crippen LogP contribution < -0.4 is 0 Å². The SMILES string of the molecule is c1ccc(-c2nc(-c3ccccc3)nc(-c3ccc(C4(c5ccc6c(c5)sc5ccccc56)c5ccccc5-c5ccccc54)cc3)n2)cc1. The summed E-state index contributed by atoms with van der Waals surface area (Å²) in [7, 11) is 0. The predicted molar refractivity (Wildman–Crippen MR) is 206 cm³/mol. The fourth-order valence-corrected chi connectivity index (χ4v) is 8.94. The summed E-state index contributed by atoms with van der Waals surface area (Å²) in [5.74, 6) is 1.97. The average Bonchev–Trinajstić information content (AvgIpc) is 3.72. The van der Waals surface area contributed by atoms with Gasteiger partial charge in [0.15, 0.2) is 17.5 Å². The van der Waals surface area contributed by atoms with Crippen LogP contribution in [-0.4, -0.2) is 15.0 Å². The van der Waals surface area contributed by atoms with E-state index in [1.165, 1.54) is 53.6 Å². The molecule has 7 aromatic carbocycles. The van der Waals surface area contributed by atoms with E-state index in [4.69, 9.17) is 15.0 Å². The molecule has 0 radical (unpaired) electrons. The highest BCUT2D eigenvalue weighted by Gasteiger charge is 2.46. The van der Waals surface area contributed by atoms with E-state index in [0.717, 1.165) is 16.7 Å². The molecule has 0 unspecified atom stereocenters. The van der Waals surface area contributed by atoms with Crippen molar-refractivity contribution in [3.63, 3.8) is 0 Å². The number of aromatic nitrogens is 3. The Morgan fingerprint density at radius 3 is 1.42 bits per heavy atom. The minimum atomic E-state index is -0.500. The zero-order valence-corrected chi connectivity index (χ0v) is 27.8. The molecule has 1 aliphatic carbocycles. The molecule has 50 heavy (non-hydrogen) atoms. The first-order valence-corrected chi connectivity index (χ1v) is 17.7. The maximum Gasteiger partial charge on any atom is 0.164 e. The summed E-state index contributed by atoms with van der Waals surface area (Å²) in [6.45, 7) is 0. The Kier molecular flexibility index (Phi) is 6.58. The highest BCUT2D eigenvalue weighted by Crippen LogP contribution is 2.56. The summed E-state index contributed by atoms with van der Waals surface area (Å²) in [5.41, 5.74) is 9.99. The number of fused-ring (bicyclic) bond motifs is 6. The van der Waals surface area contributed by atoms with Crippen LogP contribution >= 0.6 is 11.3 Å². The van der Waals surface area contributed by atoms with E-state index < -0.39 is 5.41 Å². The number of rotatable bonds is 5. The van der Waals surface area contributed by atoms with E-state index in [2.05, 4.69) is 115 Å². The van der Waals surface area contributed by atoms with Crippen LogP contribution in [0.15, 0.2) is 176 Å². The Balaban J connectivity index is 1.18. The number of hydrogen-bond donors (Lipinski definition) is 0. The summed E-state index contributed by atoms with van der Waals surface area (Å²) in [5, 5.41) is 2.62. The van der Waals surface area contributed by atoms with Crippen LogP contribution in [0.1, 0.15) is 22.3 Å². The highest BCUT2D eigenvalue weighted by molar-refractivity contribution is 7.25. The number of thiophene rings is 1. The molecule has 0 atom stereocenters. The maximum absolute atomic E-state index is 5.01. The molecule has 0 aliphatic heterocycles. The van der Waals surface area contributed by atoms with Crippen LogP contribution in [0.2, 0.25) is 0 Å². The van der Waals surface area contributed by atoms with Gasteiger partial charge >= 0.3 is 0 Å². The molecule has 10 rings (SSSR count). The third-order valence-electron chi connectivity index (χ3n) is 10.0. The Labute approximate surface area is 294 Å². The van der Waals surface area contributed by atoms with Gasteiger partial charge in [0.1, 0.15) is 0 Å². The van der Waals surface area contributed by atoms with Gasteiger partial charge in [0.2, 0.25) is 0 Å². The standard InChI is InChI=1S/C46H29N3S/c1-3-13-30(14-4-1)43-47-44(31-15-5-2-6-16-31)49-45(48-43)32-23-25-33(26-24-32)46(39-20-10-7-17-35(39)36-18-8-11-21-40(36)46)34-27-28-38-37-19-9-12-22-41(37)50-42(38)29-34/h1-29H. The Morgan fingerprint density at radius 1 is 0.360 bits per heavy atom. The molecular weight excluding hydrogens is 627 g/mol. The summed E-state index contributed by atoms with van der Waals surface area (Å²) >= 11 is 1.87. The highest BCUT2D eigenvalue weighted by atomic mass is 32.1. The lowest BCUT2D eigenvalue weighted by molar-refractivity contribution is 0.770. The van der Waals surface area contributed by atoms with Crippen molar-refractivity contribution in [3.8, 4) is 45.3 Å². The van der Waals surface area contributed by atoms with Gasteiger partial charge in [-0.15, -0.1) is 11.3 Å². The van der Waals surface area contributed by atoms with Gasteiger partial charge in [-0.1, -0.05) is 164 Å². The second-order valence-corrected chi connectivity index (χ2v) is 13.8. The molecule has 4 heteroatoms. The predicted octanol–water partition coefficient (Wildman–Crippen LogP) is 11.6. The lowest BCUT2D eigenvalue weighted by atomic mass is 9.67. The lowest BCUT2D eigenvalue weighted by Crippen LogP contribution is -2.28. The summed E-state index contributed by atoms with van der Waals surface area (Å²) in [6.07, 6.45) is 0. The van der Waals surface area contributed by atoms with Crippen LogP contribution in [0.5, 0.6) is 0 Å². The second-order valence-electron chi connectivity index (χ2n) is 12.8. The molecule has 0 amide bonds. The molecule has 0 fully saturated rings. The molecule has 3 nitrogen and oxygen atoms in total. The molecule has 0 N–H and O–H groups in total. The second kappa shape index (κ2) is 11.4. The number of nitrogens with zero attached hydrogens (tertiary/aromatic N) is 3. The molecule has 1 aliphatic rings. The normalized spacial score (nSPS) is 13.0. The third kappa shape index (κ3) is 4.39. The summed E-state index contributed by atoms with van der Waals surface area (Å²) in [4.78, 5) is 14.9. The zero-order chi connectivity index (χ0) is 33.1. The Hall–Kier alpha value is -6.23. The van der Waals surface area contributed by atoms with Gasteiger partial charge in [0.25, 0.3) is 0 Å². The van der Waals surface area contributed by atoms with Crippen LogP contribution in [0.25, 0.3) is 65.5 Å². The Morgan fingerprint density at radius 2 is 0.820 bits per heavy atom. The van der Waals surface area contributed by atoms with E-state index in [1.54, 1.807) is 0 Å². The van der Waals surface area contributed by atoms with Crippen molar-refractivity contribution >= 4 is 31.5 Å². The molecule has 0 saturated carbocycles. The van der Waals surface area contributed by atoms with Gasteiger partial charge in [-0.3, -0.25) is 0 Å². The zero-order valence-electron chi connectivity index (χ0n) is 27.0. The smallest absolute Gasteiger partial charge is 0.164 e. The van der Waals surface area contributed by atoms with Gasteiger partial charge in [0.05, 0.1) is 5.41 Å². The monoisotopic (exact) mass is 655 g/mol. The lowest BCUT2D eigenvalue weighted by Gasteiger charge is -2.34. The topological polar surface area (TPSA) is 38.7 Å². The van der Waals surface area contributed by atoms with Crippen molar-refractivity contribution in [2.45, 2.75) is 5.41 Å². The number of hydrogen-bond acceptors (Lipinski definition) is 4. The van der Waals surface area contributed by atoms with E-state index >= 15 is 0 Å². The molecule has 234 valence electrons. The molecule has 0 bridgehead atoms. The number of benzene rings is 7. The largest absolute Gasteiger partial charge is 0.208 e. The molecule has 9 aromatic rings. The van der Waals surface area contributed by atoms with Gasteiger partial charge in [-0.25, -0.2) is 15.0 Å². The minimum absolute atomic E-state index is 0.500. The van der Waals surface area contributed by atoms with Crippen molar-refractivity contribution in [2.24, 2.45) is 0 Å². The van der Waals surface area contributed by atoms with Crippen molar-refractivity contribution in [2.75, 3.05) is 0 Å². The van der Waals surface area contributed by atoms with Gasteiger partial charge in [-0.05, 0) is 45.5 Å². The summed E-state index contributed by atoms with van der Waals surface area (Å²) < 4.78 is 2.61. The Bertz CT molecular complexity index is 2590. The van der Waals surface area contributed by atoms with Crippen molar-refractivity contribution in [3.05, 3.63) is 198 Å². The van der Waals surface area contributed by atoms with Crippen LogP contribution in [0.4, 0.5) is 0 Å². The van der Waals surface area contributed by atoms with Crippen molar-refractivity contribution in [1.82, 2.24) is 15.0 Å². The van der Waals surface area contributed by atoms with E-state index in [9.17, 15) is 0 Å². The fraction of sp³-hybridized carbons (Fsp3) is 0.0217. The maximum atomic E-state index is 5.01. The van der Waals surface area contributed by atoms with Crippen LogP contribution in [0.3, 0.4) is 0 Å². The van der Waals surface area contributed by atoms with Crippen molar-refractivity contribution in [1.29, 1.82) is 0 Å². The van der Waals surface area contributed by atoms with E-state index in [1.807, 2.05) is 72.0 Å². The molecule has 2 aromatic heterocycles. The van der Waals surface area contributed by atoms with Crippen LogP contribution in [-0.2, 0) is 5.41 Å².